The predicted molar refractivity (Wildman–Crippen MR) is 108 cm³/mol. The Labute approximate surface area is 151 Å². The average Bonchev–Trinajstić information content (AvgIpc) is 2.62. The van der Waals surface area contributed by atoms with Gasteiger partial charge in [-0.25, -0.2) is 0 Å². The van der Waals surface area contributed by atoms with Crippen LogP contribution >= 0.6 is 0 Å². The highest BCUT2D eigenvalue weighted by molar-refractivity contribution is 5.25. The minimum Gasteiger partial charge on any atom is -0.0654 e. The Kier molecular flexibility index (Phi) is 9.54. The molecule has 0 bridgehead atoms. The SMILES string of the molecule is CCCCCCCCCc1ccc(C2CCC(CCC)CC2)cc1. The van der Waals surface area contributed by atoms with E-state index in [1.165, 1.54) is 89.9 Å². The summed E-state index contributed by atoms with van der Waals surface area (Å²) in [4.78, 5) is 0. The molecule has 0 atom stereocenters. The zero-order valence-corrected chi connectivity index (χ0v) is 16.4. The summed E-state index contributed by atoms with van der Waals surface area (Å²) < 4.78 is 0. The summed E-state index contributed by atoms with van der Waals surface area (Å²) >= 11 is 0. The Morgan fingerprint density at radius 2 is 1.33 bits per heavy atom. The van der Waals surface area contributed by atoms with Crippen molar-refractivity contribution in [3.8, 4) is 0 Å². The van der Waals surface area contributed by atoms with Crippen molar-refractivity contribution in [1.82, 2.24) is 0 Å². The molecule has 1 aromatic rings. The molecular formula is C24H40. The molecule has 0 radical (unpaired) electrons. The van der Waals surface area contributed by atoms with Crippen LogP contribution in [0.15, 0.2) is 24.3 Å². The van der Waals surface area contributed by atoms with Crippen molar-refractivity contribution in [2.75, 3.05) is 0 Å². The van der Waals surface area contributed by atoms with Gasteiger partial charge in [0.1, 0.15) is 0 Å². The largest absolute Gasteiger partial charge is 0.0654 e. The number of rotatable bonds is 11. The van der Waals surface area contributed by atoms with E-state index in [1.54, 1.807) is 11.1 Å². The van der Waals surface area contributed by atoms with Gasteiger partial charge in [0, 0.05) is 0 Å². The van der Waals surface area contributed by atoms with E-state index in [0.29, 0.717) is 0 Å². The molecule has 0 aromatic heterocycles. The highest BCUT2D eigenvalue weighted by Crippen LogP contribution is 2.37. The Morgan fingerprint density at radius 3 is 1.96 bits per heavy atom. The fourth-order valence-corrected chi connectivity index (χ4v) is 4.44. The molecule has 0 amide bonds. The van der Waals surface area contributed by atoms with E-state index in [4.69, 9.17) is 0 Å². The number of unbranched alkanes of at least 4 members (excludes halogenated alkanes) is 6. The van der Waals surface area contributed by atoms with Crippen molar-refractivity contribution in [1.29, 1.82) is 0 Å². The summed E-state index contributed by atoms with van der Waals surface area (Å²) in [7, 11) is 0. The highest BCUT2D eigenvalue weighted by Gasteiger charge is 2.21. The zero-order valence-electron chi connectivity index (χ0n) is 16.4. The molecule has 0 saturated heterocycles. The Bertz CT molecular complexity index is 408. The molecular weight excluding hydrogens is 288 g/mol. The fourth-order valence-electron chi connectivity index (χ4n) is 4.44. The van der Waals surface area contributed by atoms with Crippen LogP contribution in [-0.2, 0) is 6.42 Å². The maximum atomic E-state index is 2.43. The van der Waals surface area contributed by atoms with Crippen LogP contribution in [0.4, 0.5) is 0 Å². The predicted octanol–water partition coefficient (Wildman–Crippen LogP) is 8.05. The smallest absolute Gasteiger partial charge is 0.0162 e. The van der Waals surface area contributed by atoms with E-state index >= 15 is 0 Å². The van der Waals surface area contributed by atoms with E-state index in [9.17, 15) is 0 Å². The summed E-state index contributed by atoms with van der Waals surface area (Å²) in [6.45, 7) is 4.62. The van der Waals surface area contributed by atoms with Gasteiger partial charge in [-0.2, -0.15) is 0 Å². The maximum Gasteiger partial charge on any atom is -0.0162 e. The summed E-state index contributed by atoms with van der Waals surface area (Å²) in [5.41, 5.74) is 3.15. The van der Waals surface area contributed by atoms with Crippen molar-refractivity contribution in [2.24, 2.45) is 5.92 Å². The van der Waals surface area contributed by atoms with E-state index in [-0.39, 0.29) is 0 Å². The first-order valence-corrected chi connectivity index (χ1v) is 10.9. The van der Waals surface area contributed by atoms with Crippen LogP contribution in [0.25, 0.3) is 0 Å². The summed E-state index contributed by atoms with van der Waals surface area (Å²) in [5.74, 6) is 1.86. The Hall–Kier alpha value is -0.780. The van der Waals surface area contributed by atoms with Gasteiger partial charge in [0.25, 0.3) is 0 Å². The molecule has 1 aliphatic carbocycles. The number of benzene rings is 1. The molecule has 1 saturated carbocycles. The molecule has 24 heavy (non-hydrogen) atoms. The summed E-state index contributed by atoms with van der Waals surface area (Å²) in [6, 6.07) is 9.68. The van der Waals surface area contributed by atoms with Crippen LogP contribution in [0, 0.1) is 5.92 Å². The van der Waals surface area contributed by atoms with E-state index in [0.717, 1.165) is 11.8 Å². The number of hydrogen-bond donors (Lipinski definition) is 0. The van der Waals surface area contributed by atoms with E-state index in [2.05, 4.69) is 38.1 Å². The molecule has 136 valence electrons. The lowest BCUT2D eigenvalue weighted by atomic mass is 9.77. The third-order valence-corrected chi connectivity index (χ3v) is 6.06. The van der Waals surface area contributed by atoms with E-state index in [1.807, 2.05) is 0 Å². The van der Waals surface area contributed by atoms with Crippen molar-refractivity contribution < 1.29 is 0 Å². The standard InChI is InChI=1S/C24H40/c1-3-5-6-7-8-9-10-12-22-15-19-24(20-16-22)23-17-13-21(11-4-2)14-18-23/h15-16,19-21,23H,3-14,17-18H2,1-2H3. The minimum atomic E-state index is 0.839. The van der Waals surface area contributed by atoms with Gasteiger partial charge < -0.3 is 0 Å². The van der Waals surface area contributed by atoms with Crippen LogP contribution < -0.4 is 0 Å². The van der Waals surface area contributed by atoms with Gasteiger partial charge in [-0.1, -0.05) is 89.5 Å². The zero-order chi connectivity index (χ0) is 17.0. The number of hydrogen-bond acceptors (Lipinski definition) is 0. The molecule has 2 rings (SSSR count). The lowest BCUT2D eigenvalue weighted by Crippen LogP contribution is -2.13. The number of aryl methyl sites for hydroxylation is 1. The third kappa shape index (κ3) is 6.99. The molecule has 0 heteroatoms. The van der Waals surface area contributed by atoms with Gasteiger partial charge in [0.15, 0.2) is 0 Å². The molecule has 1 fully saturated rings. The molecule has 0 spiro atoms. The van der Waals surface area contributed by atoms with Crippen LogP contribution in [0.3, 0.4) is 0 Å². The summed E-state index contributed by atoms with van der Waals surface area (Å²) in [6.07, 6.45) is 19.7. The van der Waals surface area contributed by atoms with Crippen LogP contribution in [-0.4, -0.2) is 0 Å². The second-order valence-electron chi connectivity index (χ2n) is 8.12. The Morgan fingerprint density at radius 1 is 0.708 bits per heavy atom. The second-order valence-corrected chi connectivity index (χ2v) is 8.12. The van der Waals surface area contributed by atoms with Crippen LogP contribution in [0.1, 0.15) is 114 Å². The van der Waals surface area contributed by atoms with Gasteiger partial charge in [-0.15, -0.1) is 0 Å². The molecule has 0 heterocycles. The molecule has 0 aliphatic heterocycles. The van der Waals surface area contributed by atoms with Gasteiger partial charge in [0.2, 0.25) is 0 Å². The first-order chi connectivity index (χ1) is 11.8. The maximum absolute atomic E-state index is 2.43. The minimum absolute atomic E-state index is 0.839. The third-order valence-electron chi connectivity index (χ3n) is 6.06. The van der Waals surface area contributed by atoms with Gasteiger partial charge in [0.05, 0.1) is 0 Å². The molecule has 0 nitrogen and oxygen atoms in total. The first-order valence-electron chi connectivity index (χ1n) is 10.9. The molecule has 0 unspecified atom stereocenters. The van der Waals surface area contributed by atoms with Crippen LogP contribution in [0.5, 0.6) is 0 Å². The fraction of sp³-hybridized carbons (Fsp3) is 0.750. The average molecular weight is 329 g/mol. The lowest BCUT2D eigenvalue weighted by Gasteiger charge is -2.28. The van der Waals surface area contributed by atoms with Crippen molar-refractivity contribution >= 4 is 0 Å². The lowest BCUT2D eigenvalue weighted by molar-refractivity contribution is 0.308. The van der Waals surface area contributed by atoms with Crippen LogP contribution in [0.2, 0.25) is 0 Å². The van der Waals surface area contributed by atoms with Crippen molar-refractivity contribution in [3.63, 3.8) is 0 Å². The van der Waals surface area contributed by atoms with E-state index < -0.39 is 0 Å². The van der Waals surface area contributed by atoms with Crippen molar-refractivity contribution in [2.45, 2.75) is 110 Å². The molecule has 0 N–H and O–H groups in total. The van der Waals surface area contributed by atoms with Gasteiger partial charge >= 0.3 is 0 Å². The Balaban J connectivity index is 1.64. The molecule has 1 aromatic carbocycles. The highest BCUT2D eigenvalue weighted by atomic mass is 14.3. The summed E-state index contributed by atoms with van der Waals surface area (Å²) in [5, 5.41) is 0. The normalized spacial score (nSPS) is 21.1. The van der Waals surface area contributed by atoms with Gasteiger partial charge in [-0.3, -0.25) is 0 Å². The van der Waals surface area contributed by atoms with Gasteiger partial charge in [-0.05, 0) is 61.5 Å². The van der Waals surface area contributed by atoms with Crippen molar-refractivity contribution in [3.05, 3.63) is 35.4 Å². The second kappa shape index (κ2) is 11.7. The first kappa shape index (κ1) is 19.5. The molecule has 1 aliphatic rings. The quantitative estimate of drug-likeness (QED) is 0.360. The monoisotopic (exact) mass is 328 g/mol. The topological polar surface area (TPSA) is 0 Å².